The Labute approximate surface area is 148 Å². The number of benzene rings is 1. The van der Waals surface area contributed by atoms with Crippen molar-refractivity contribution in [2.45, 2.75) is 57.5 Å². The smallest absolute Gasteiger partial charge is 0.249 e. The summed E-state index contributed by atoms with van der Waals surface area (Å²) in [6.45, 7) is 6.38. The molecule has 5 nitrogen and oxygen atoms in total. The average Bonchev–Trinajstić information content (AvgIpc) is 2.58. The third kappa shape index (κ3) is 4.18. The molecule has 2 fully saturated rings. The molecule has 0 radical (unpaired) electrons. The Balaban J connectivity index is 1.63. The van der Waals surface area contributed by atoms with E-state index in [1.807, 2.05) is 12.1 Å². The van der Waals surface area contributed by atoms with Gasteiger partial charge in [0.1, 0.15) is 11.9 Å². The van der Waals surface area contributed by atoms with E-state index in [1.165, 1.54) is 6.07 Å². The molecule has 2 aliphatic rings. The molecule has 0 spiro atoms. The van der Waals surface area contributed by atoms with Crippen LogP contribution in [-0.2, 0) is 9.59 Å². The van der Waals surface area contributed by atoms with Crippen LogP contribution in [0.25, 0.3) is 0 Å². The van der Waals surface area contributed by atoms with Crippen molar-refractivity contribution >= 4 is 17.5 Å². The lowest BCUT2D eigenvalue weighted by Gasteiger charge is -2.35. The first-order valence-electron chi connectivity index (χ1n) is 9.07. The highest BCUT2D eigenvalue weighted by atomic mass is 19.1. The Morgan fingerprint density at radius 3 is 2.52 bits per heavy atom. The Morgan fingerprint density at radius 2 is 1.92 bits per heavy atom. The summed E-state index contributed by atoms with van der Waals surface area (Å²) in [7, 11) is 0. The molecule has 1 aromatic rings. The van der Waals surface area contributed by atoms with Gasteiger partial charge < -0.3 is 10.2 Å². The lowest BCUT2D eigenvalue weighted by atomic mass is 9.88. The second kappa shape index (κ2) is 7.52. The third-order valence-electron chi connectivity index (χ3n) is 5.28. The summed E-state index contributed by atoms with van der Waals surface area (Å²) in [5.41, 5.74) is 1.34. The highest BCUT2D eigenvalue weighted by Gasteiger charge is 2.27. The summed E-state index contributed by atoms with van der Waals surface area (Å²) < 4.78 is 14.6. The zero-order valence-electron chi connectivity index (χ0n) is 14.8. The molecular formula is C19H26FN3O2. The molecule has 1 atom stereocenters. The van der Waals surface area contributed by atoms with Crippen LogP contribution in [0.5, 0.6) is 0 Å². The van der Waals surface area contributed by atoms with Crippen molar-refractivity contribution in [3.8, 4) is 0 Å². The van der Waals surface area contributed by atoms with Gasteiger partial charge in [-0.2, -0.15) is 0 Å². The van der Waals surface area contributed by atoms with Crippen LogP contribution in [0.3, 0.4) is 0 Å². The fourth-order valence-corrected chi connectivity index (χ4v) is 3.71. The molecule has 2 N–H and O–H groups in total. The van der Waals surface area contributed by atoms with Gasteiger partial charge in [-0.3, -0.25) is 14.9 Å². The molecule has 0 bridgehead atoms. The predicted octanol–water partition coefficient (Wildman–Crippen LogP) is 2.63. The van der Waals surface area contributed by atoms with Crippen molar-refractivity contribution < 1.29 is 14.0 Å². The minimum atomic E-state index is -0.489. The molecule has 2 aliphatic heterocycles. The number of carbonyl (C=O) groups excluding carboxylic acids is 2. The van der Waals surface area contributed by atoms with Crippen LogP contribution in [0.1, 0.15) is 51.0 Å². The molecule has 0 saturated carbocycles. The lowest BCUT2D eigenvalue weighted by Crippen LogP contribution is -2.47. The van der Waals surface area contributed by atoms with Gasteiger partial charge in [-0.05, 0) is 69.8 Å². The number of imide groups is 1. The van der Waals surface area contributed by atoms with Crippen LogP contribution in [0.4, 0.5) is 10.1 Å². The van der Waals surface area contributed by atoms with Crippen molar-refractivity contribution in [2.75, 3.05) is 18.4 Å². The number of nitrogens with zero attached hydrogens (tertiary/aromatic N) is 1. The second-order valence-corrected chi connectivity index (χ2v) is 7.29. The number of hydrogen-bond donors (Lipinski definition) is 2. The van der Waals surface area contributed by atoms with E-state index in [0.29, 0.717) is 24.6 Å². The maximum atomic E-state index is 14.6. The topological polar surface area (TPSA) is 61.4 Å². The third-order valence-corrected chi connectivity index (χ3v) is 5.28. The molecule has 0 aromatic heterocycles. The van der Waals surface area contributed by atoms with Crippen molar-refractivity contribution in [1.29, 1.82) is 0 Å². The van der Waals surface area contributed by atoms with Crippen LogP contribution >= 0.6 is 0 Å². The van der Waals surface area contributed by atoms with Gasteiger partial charge in [-0.25, -0.2) is 4.39 Å². The Kier molecular flexibility index (Phi) is 5.37. The van der Waals surface area contributed by atoms with Gasteiger partial charge in [-0.15, -0.1) is 0 Å². The van der Waals surface area contributed by atoms with Crippen LogP contribution in [-0.4, -0.2) is 41.9 Å². The molecule has 25 heavy (non-hydrogen) atoms. The van der Waals surface area contributed by atoms with Crippen molar-refractivity contribution in [2.24, 2.45) is 0 Å². The summed E-state index contributed by atoms with van der Waals surface area (Å²) in [5, 5.41) is 5.33. The molecule has 1 aromatic carbocycles. The van der Waals surface area contributed by atoms with Crippen LogP contribution in [0.2, 0.25) is 0 Å². The maximum absolute atomic E-state index is 14.6. The second-order valence-electron chi connectivity index (χ2n) is 7.29. The quantitative estimate of drug-likeness (QED) is 0.822. The highest BCUT2D eigenvalue weighted by Crippen LogP contribution is 2.31. The molecule has 136 valence electrons. The molecule has 3 rings (SSSR count). The van der Waals surface area contributed by atoms with Crippen LogP contribution < -0.4 is 10.6 Å². The number of carbonyl (C=O) groups is 2. The SMILES string of the molecule is CC(C)N1CCC(c2ccc(N[C@H]3CCC(=O)NC3=O)cc2F)CC1. The molecule has 6 heteroatoms. The van der Waals surface area contributed by atoms with E-state index in [2.05, 4.69) is 29.4 Å². The highest BCUT2D eigenvalue weighted by molar-refractivity contribution is 6.01. The largest absolute Gasteiger partial charge is 0.374 e. The maximum Gasteiger partial charge on any atom is 0.249 e. The van der Waals surface area contributed by atoms with Gasteiger partial charge in [0.15, 0.2) is 0 Å². The van der Waals surface area contributed by atoms with Gasteiger partial charge in [-0.1, -0.05) is 6.07 Å². The van der Waals surface area contributed by atoms with E-state index < -0.39 is 6.04 Å². The number of rotatable bonds is 4. The number of halogens is 1. The zero-order valence-corrected chi connectivity index (χ0v) is 14.8. The van der Waals surface area contributed by atoms with E-state index in [0.717, 1.165) is 31.5 Å². The van der Waals surface area contributed by atoms with Gasteiger partial charge in [0.2, 0.25) is 11.8 Å². The van der Waals surface area contributed by atoms with E-state index in [1.54, 1.807) is 0 Å². The van der Waals surface area contributed by atoms with Gasteiger partial charge in [0.05, 0.1) is 0 Å². The standard InChI is InChI=1S/C19H26FN3O2/c1-12(2)23-9-7-13(8-10-23)15-4-3-14(11-16(15)20)21-17-5-6-18(24)22-19(17)25/h3-4,11-13,17,21H,5-10H2,1-2H3,(H,22,24,25)/t17-/m0/s1. The zero-order chi connectivity index (χ0) is 18.0. The van der Waals surface area contributed by atoms with Gasteiger partial charge in [0.25, 0.3) is 0 Å². The molecule has 0 aliphatic carbocycles. The number of likely N-dealkylation sites (tertiary alicyclic amines) is 1. The first kappa shape index (κ1) is 17.9. The van der Waals surface area contributed by atoms with Crippen LogP contribution in [0, 0.1) is 5.82 Å². The Morgan fingerprint density at radius 1 is 1.20 bits per heavy atom. The van der Waals surface area contributed by atoms with Crippen molar-refractivity contribution in [3.63, 3.8) is 0 Å². The van der Waals surface area contributed by atoms with Crippen LogP contribution in [0.15, 0.2) is 18.2 Å². The predicted molar refractivity (Wildman–Crippen MR) is 94.9 cm³/mol. The monoisotopic (exact) mass is 347 g/mol. The number of nitrogens with one attached hydrogen (secondary N) is 2. The first-order chi connectivity index (χ1) is 11.9. The number of piperidine rings is 2. The van der Waals surface area contributed by atoms with Crippen molar-refractivity contribution in [1.82, 2.24) is 10.2 Å². The molecule has 2 saturated heterocycles. The van der Waals surface area contributed by atoms with E-state index in [4.69, 9.17) is 0 Å². The molecule has 0 unspecified atom stereocenters. The molecule has 2 amide bonds. The summed E-state index contributed by atoms with van der Waals surface area (Å²) in [5.74, 6) is -0.570. The normalized spacial score (nSPS) is 23.0. The lowest BCUT2D eigenvalue weighted by molar-refractivity contribution is -0.133. The van der Waals surface area contributed by atoms with Crippen molar-refractivity contribution in [3.05, 3.63) is 29.6 Å². The minimum absolute atomic E-state index is 0.222. The van der Waals surface area contributed by atoms with Gasteiger partial charge in [0, 0.05) is 18.2 Å². The van der Waals surface area contributed by atoms with E-state index >= 15 is 0 Å². The summed E-state index contributed by atoms with van der Waals surface area (Å²) in [6.07, 6.45) is 2.67. The van der Waals surface area contributed by atoms with Gasteiger partial charge >= 0.3 is 0 Å². The number of anilines is 1. The number of amides is 2. The van der Waals surface area contributed by atoms with E-state index in [-0.39, 0.29) is 23.5 Å². The summed E-state index contributed by atoms with van der Waals surface area (Å²) in [6, 6.07) is 5.17. The summed E-state index contributed by atoms with van der Waals surface area (Å²) >= 11 is 0. The molecule has 2 heterocycles. The fraction of sp³-hybridized carbons (Fsp3) is 0.579. The minimum Gasteiger partial charge on any atom is -0.374 e. The first-order valence-corrected chi connectivity index (χ1v) is 9.07. The Bertz CT molecular complexity index is 654. The van der Waals surface area contributed by atoms with E-state index in [9.17, 15) is 14.0 Å². The fourth-order valence-electron chi connectivity index (χ4n) is 3.71. The summed E-state index contributed by atoms with van der Waals surface area (Å²) in [4.78, 5) is 25.4. The molecular weight excluding hydrogens is 321 g/mol. The Hall–Kier alpha value is -1.95. The number of hydrogen-bond acceptors (Lipinski definition) is 4. The average molecular weight is 347 g/mol.